The molecule has 0 aromatic heterocycles. The average molecular weight is 413 g/mol. The highest BCUT2D eigenvalue weighted by atomic mass is 16.5. The number of aryl methyl sites for hydroxylation is 1. The Labute approximate surface area is 181 Å². The third-order valence-corrected chi connectivity index (χ3v) is 5.74. The van der Waals surface area contributed by atoms with Gasteiger partial charge in [-0.1, -0.05) is 42.5 Å². The monoisotopic (exact) mass is 413 g/mol. The number of allylic oxidation sites excluding steroid dienone is 1. The first kappa shape index (κ1) is 19.4. The lowest BCUT2D eigenvalue weighted by molar-refractivity contribution is 0.0865. The number of Topliss-reactive ketones (excluding diaryl/α,β-unsaturated/α-hetero) is 1. The van der Waals surface area contributed by atoms with Gasteiger partial charge in [-0.3, -0.25) is 9.69 Å². The molecule has 0 atom stereocenters. The largest absolute Gasteiger partial charge is 0.496 e. The van der Waals surface area contributed by atoms with Gasteiger partial charge in [0.1, 0.15) is 24.0 Å². The van der Waals surface area contributed by atoms with Gasteiger partial charge in [0, 0.05) is 18.7 Å². The van der Waals surface area contributed by atoms with Crippen LogP contribution in [-0.2, 0) is 13.1 Å². The van der Waals surface area contributed by atoms with E-state index < -0.39 is 0 Å². The molecule has 2 aliphatic heterocycles. The van der Waals surface area contributed by atoms with Crippen LogP contribution in [0.2, 0.25) is 0 Å². The molecule has 0 radical (unpaired) electrons. The van der Waals surface area contributed by atoms with E-state index in [1.807, 2.05) is 67.6 Å². The summed E-state index contributed by atoms with van der Waals surface area (Å²) < 4.78 is 17.6. The molecular formula is C26H23NO4. The maximum absolute atomic E-state index is 13.0. The van der Waals surface area contributed by atoms with Gasteiger partial charge < -0.3 is 14.2 Å². The number of benzene rings is 3. The van der Waals surface area contributed by atoms with Crippen molar-refractivity contribution in [1.29, 1.82) is 0 Å². The second kappa shape index (κ2) is 7.93. The smallest absolute Gasteiger partial charge is 0.231 e. The van der Waals surface area contributed by atoms with E-state index in [1.54, 1.807) is 13.2 Å². The van der Waals surface area contributed by atoms with E-state index >= 15 is 0 Å². The molecule has 3 aromatic carbocycles. The Hall–Kier alpha value is -3.57. The summed E-state index contributed by atoms with van der Waals surface area (Å²) in [5, 5.41) is 0. The standard InChI is InChI=1S/C26H23NO4/c1-17-7-3-4-8-18(17)13-24-25(28)20-11-12-23-21(26(20)31-24)15-27(16-30-23)14-19-9-5-6-10-22(19)29-2/h3-13H,14-16H2,1-2H3/b24-13-. The summed E-state index contributed by atoms with van der Waals surface area (Å²) in [6.07, 6.45) is 1.82. The van der Waals surface area contributed by atoms with Crippen LogP contribution in [0.3, 0.4) is 0 Å². The molecule has 5 nitrogen and oxygen atoms in total. The van der Waals surface area contributed by atoms with Gasteiger partial charge in [-0.05, 0) is 42.3 Å². The number of ketones is 1. The third kappa shape index (κ3) is 3.57. The van der Waals surface area contributed by atoms with Gasteiger partial charge in [0.05, 0.1) is 18.2 Å². The zero-order chi connectivity index (χ0) is 21.4. The number of carbonyl (C=O) groups is 1. The predicted molar refractivity (Wildman–Crippen MR) is 118 cm³/mol. The fraction of sp³-hybridized carbons (Fsp3) is 0.192. The molecule has 0 fully saturated rings. The molecule has 0 amide bonds. The topological polar surface area (TPSA) is 48.0 Å². The second-order valence-electron chi connectivity index (χ2n) is 7.79. The predicted octanol–water partition coefficient (Wildman–Crippen LogP) is 4.97. The van der Waals surface area contributed by atoms with E-state index in [0.717, 1.165) is 33.8 Å². The Balaban J connectivity index is 1.44. The summed E-state index contributed by atoms with van der Waals surface area (Å²) >= 11 is 0. The highest BCUT2D eigenvalue weighted by Crippen LogP contribution is 2.42. The van der Waals surface area contributed by atoms with Crippen molar-refractivity contribution < 1.29 is 19.0 Å². The van der Waals surface area contributed by atoms with Gasteiger partial charge in [0.2, 0.25) is 5.78 Å². The fourth-order valence-electron chi connectivity index (χ4n) is 4.07. The van der Waals surface area contributed by atoms with E-state index in [9.17, 15) is 4.79 Å². The Morgan fingerprint density at radius 3 is 2.71 bits per heavy atom. The van der Waals surface area contributed by atoms with Crippen molar-refractivity contribution in [3.63, 3.8) is 0 Å². The van der Waals surface area contributed by atoms with Crippen LogP contribution in [0.5, 0.6) is 17.2 Å². The third-order valence-electron chi connectivity index (χ3n) is 5.74. The van der Waals surface area contributed by atoms with Crippen LogP contribution in [0.25, 0.3) is 6.08 Å². The van der Waals surface area contributed by atoms with Crippen molar-refractivity contribution in [1.82, 2.24) is 4.90 Å². The van der Waals surface area contributed by atoms with E-state index in [4.69, 9.17) is 14.2 Å². The summed E-state index contributed by atoms with van der Waals surface area (Å²) in [4.78, 5) is 15.2. The number of nitrogens with zero attached hydrogens (tertiary/aromatic N) is 1. The minimum Gasteiger partial charge on any atom is -0.496 e. The van der Waals surface area contributed by atoms with Gasteiger partial charge in [-0.2, -0.15) is 0 Å². The minimum atomic E-state index is -0.0945. The van der Waals surface area contributed by atoms with Gasteiger partial charge in [-0.25, -0.2) is 0 Å². The molecular weight excluding hydrogens is 390 g/mol. The van der Waals surface area contributed by atoms with Crippen molar-refractivity contribution in [2.24, 2.45) is 0 Å². The summed E-state index contributed by atoms with van der Waals surface area (Å²) in [5.41, 5.74) is 4.64. The van der Waals surface area contributed by atoms with E-state index in [2.05, 4.69) is 4.90 Å². The number of fused-ring (bicyclic) bond motifs is 3. The molecule has 0 spiro atoms. The molecule has 2 aliphatic rings. The highest BCUT2D eigenvalue weighted by Gasteiger charge is 2.33. The molecule has 0 unspecified atom stereocenters. The Morgan fingerprint density at radius 2 is 1.87 bits per heavy atom. The first-order valence-corrected chi connectivity index (χ1v) is 10.3. The van der Waals surface area contributed by atoms with Crippen molar-refractivity contribution in [2.45, 2.75) is 20.0 Å². The van der Waals surface area contributed by atoms with Crippen LogP contribution < -0.4 is 14.2 Å². The molecule has 0 aliphatic carbocycles. The van der Waals surface area contributed by atoms with E-state index in [-0.39, 0.29) is 5.78 Å². The lowest BCUT2D eigenvalue weighted by Crippen LogP contribution is -2.31. The Kier molecular flexibility index (Phi) is 4.96. The van der Waals surface area contributed by atoms with E-state index in [0.29, 0.717) is 36.9 Å². The van der Waals surface area contributed by atoms with Gasteiger partial charge >= 0.3 is 0 Å². The molecule has 0 saturated carbocycles. The summed E-state index contributed by atoms with van der Waals surface area (Å²) in [5.74, 6) is 2.47. The first-order chi connectivity index (χ1) is 15.1. The minimum absolute atomic E-state index is 0.0945. The van der Waals surface area contributed by atoms with Crippen molar-refractivity contribution >= 4 is 11.9 Å². The molecule has 3 aromatic rings. The van der Waals surface area contributed by atoms with E-state index in [1.165, 1.54) is 0 Å². The van der Waals surface area contributed by atoms with Crippen molar-refractivity contribution in [2.75, 3.05) is 13.8 Å². The summed E-state index contributed by atoms with van der Waals surface area (Å²) in [6, 6.07) is 19.6. The number of rotatable bonds is 4. The summed E-state index contributed by atoms with van der Waals surface area (Å²) in [6.45, 7) is 3.78. The number of ether oxygens (including phenoxy) is 3. The van der Waals surface area contributed by atoms with Gasteiger partial charge in [-0.15, -0.1) is 0 Å². The molecule has 0 bridgehead atoms. The normalized spacial score (nSPS) is 16.5. The first-order valence-electron chi connectivity index (χ1n) is 10.3. The van der Waals surface area contributed by atoms with Gasteiger partial charge in [0.15, 0.2) is 5.76 Å². The molecule has 5 heteroatoms. The Bertz CT molecular complexity index is 1200. The van der Waals surface area contributed by atoms with Crippen LogP contribution in [-0.4, -0.2) is 24.5 Å². The molecule has 156 valence electrons. The number of para-hydroxylation sites is 1. The number of methoxy groups -OCH3 is 1. The zero-order valence-corrected chi connectivity index (χ0v) is 17.6. The lowest BCUT2D eigenvalue weighted by atomic mass is 10.0. The van der Waals surface area contributed by atoms with Crippen LogP contribution in [0, 0.1) is 6.92 Å². The van der Waals surface area contributed by atoms with Crippen molar-refractivity contribution in [3.05, 3.63) is 94.2 Å². The van der Waals surface area contributed by atoms with Crippen LogP contribution in [0.4, 0.5) is 0 Å². The quantitative estimate of drug-likeness (QED) is 0.565. The zero-order valence-electron chi connectivity index (χ0n) is 17.6. The Morgan fingerprint density at radius 1 is 1.06 bits per heavy atom. The maximum atomic E-state index is 13.0. The number of hydrogen-bond donors (Lipinski definition) is 0. The number of hydrogen-bond acceptors (Lipinski definition) is 5. The lowest BCUT2D eigenvalue weighted by Gasteiger charge is -2.30. The van der Waals surface area contributed by atoms with Crippen LogP contribution in [0.15, 0.2) is 66.4 Å². The molecule has 0 saturated heterocycles. The molecule has 5 rings (SSSR count). The van der Waals surface area contributed by atoms with Crippen LogP contribution >= 0.6 is 0 Å². The highest BCUT2D eigenvalue weighted by molar-refractivity contribution is 6.15. The summed E-state index contributed by atoms with van der Waals surface area (Å²) in [7, 11) is 1.68. The van der Waals surface area contributed by atoms with Crippen molar-refractivity contribution in [3.8, 4) is 17.2 Å². The van der Waals surface area contributed by atoms with Crippen LogP contribution in [0.1, 0.15) is 32.6 Å². The maximum Gasteiger partial charge on any atom is 0.231 e. The molecule has 31 heavy (non-hydrogen) atoms. The fourth-order valence-corrected chi connectivity index (χ4v) is 4.07. The molecule has 2 heterocycles. The van der Waals surface area contributed by atoms with Gasteiger partial charge in [0.25, 0.3) is 0 Å². The average Bonchev–Trinajstić information content (AvgIpc) is 3.11. The number of carbonyl (C=O) groups excluding carboxylic acids is 1. The SMILES string of the molecule is COc1ccccc1CN1COc2ccc3c(c2C1)O/C(=C\c1ccccc1C)C3=O. The molecule has 0 N–H and O–H groups in total. The second-order valence-corrected chi connectivity index (χ2v) is 7.79.